The summed E-state index contributed by atoms with van der Waals surface area (Å²) in [4.78, 5) is 4.56. The average Bonchev–Trinajstić information content (AvgIpc) is 2.91. The van der Waals surface area contributed by atoms with Gasteiger partial charge in [0.05, 0.1) is 22.8 Å². The number of hydrogen-bond acceptors (Lipinski definition) is 3. The highest BCUT2D eigenvalue weighted by atomic mass is 35.5. The number of aliphatic hydroxyl groups excluding tert-OH is 1. The molecule has 0 spiro atoms. The minimum Gasteiger partial charge on any atom is -0.496 e. The topological polar surface area (TPSA) is 47.3 Å². The van der Waals surface area contributed by atoms with E-state index in [1.54, 1.807) is 13.2 Å². The van der Waals surface area contributed by atoms with Crippen molar-refractivity contribution >= 4 is 23.2 Å². The summed E-state index contributed by atoms with van der Waals surface area (Å²) in [6.07, 6.45) is 4.43. The molecule has 2 aromatic rings. The van der Waals surface area contributed by atoms with E-state index < -0.39 is 0 Å². The highest BCUT2D eigenvalue weighted by Gasteiger charge is 2.26. The normalized spacial score (nSPS) is 17.4. The van der Waals surface area contributed by atoms with Crippen LogP contribution in [-0.2, 0) is 19.4 Å². The Balaban J connectivity index is 1.93. The number of halogens is 2. The molecule has 1 atom stereocenters. The highest BCUT2D eigenvalue weighted by Crippen LogP contribution is 2.41. The van der Waals surface area contributed by atoms with E-state index in [9.17, 15) is 0 Å². The van der Waals surface area contributed by atoms with Gasteiger partial charge in [0.25, 0.3) is 0 Å². The SMILES string of the molecule is COc1ccc(Cl)c(Cl)c1C1CCc2nc(CCO)cn2C1. The molecule has 1 aliphatic heterocycles. The van der Waals surface area contributed by atoms with Crippen molar-refractivity contribution in [1.82, 2.24) is 9.55 Å². The number of hydrogen-bond donors (Lipinski definition) is 1. The predicted octanol–water partition coefficient (Wildman–Crippen LogP) is 3.46. The van der Waals surface area contributed by atoms with Crippen LogP contribution in [0.15, 0.2) is 18.3 Å². The third-order valence-corrected chi connectivity index (χ3v) is 4.95. The molecule has 0 saturated heterocycles. The molecule has 1 N–H and O–H groups in total. The number of imidazole rings is 1. The Labute approximate surface area is 139 Å². The zero-order valence-electron chi connectivity index (χ0n) is 12.4. The van der Waals surface area contributed by atoms with Crippen LogP contribution in [0.4, 0.5) is 0 Å². The van der Waals surface area contributed by atoms with Crippen LogP contribution in [0.2, 0.25) is 10.0 Å². The van der Waals surface area contributed by atoms with Crippen LogP contribution in [0.25, 0.3) is 0 Å². The van der Waals surface area contributed by atoms with Gasteiger partial charge in [0.1, 0.15) is 11.6 Å². The number of benzene rings is 1. The molecule has 1 aromatic carbocycles. The Morgan fingerprint density at radius 1 is 1.41 bits per heavy atom. The second-order valence-electron chi connectivity index (χ2n) is 5.49. The molecule has 0 fully saturated rings. The number of aliphatic hydroxyl groups is 1. The van der Waals surface area contributed by atoms with Gasteiger partial charge in [0.15, 0.2) is 0 Å². The van der Waals surface area contributed by atoms with E-state index >= 15 is 0 Å². The van der Waals surface area contributed by atoms with Gasteiger partial charge in [-0.05, 0) is 18.6 Å². The van der Waals surface area contributed by atoms with E-state index in [1.165, 1.54) is 0 Å². The third-order valence-electron chi connectivity index (χ3n) is 4.13. The largest absolute Gasteiger partial charge is 0.496 e. The van der Waals surface area contributed by atoms with Crippen molar-refractivity contribution in [2.75, 3.05) is 13.7 Å². The van der Waals surface area contributed by atoms with Crippen molar-refractivity contribution in [3.05, 3.63) is 45.5 Å². The second-order valence-corrected chi connectivity index (χ2v) is 6.27. The van der Waals surface area contributed by atoms with E-state index in [0.717, 1.165) is 42.2 Å². The maximum Gasteiger partial charge on any atom is 0.123 e. The molecule has 118 valence electrons. The van der Waals surface area contributed by atoms with Crippen molar-refractivity contribution in [1.29, 1.82) is 0 Å². The van der Waals surface area contributed by atoms with Crippen LogP contribution in [0.3, 0.4) is 0 Å². The zero-order valence-corrected chi connectivity index (χ0v) is 13.9. The summed E-state index contributed by atoms with van der Waals surface area (Å²) in [6.45, 7) is 0.915. The van der Waals surface area contributed by atoms with Crippen LogP contribution in [0.5, 0.6) is 5.75 Å². The first kappa shape index (κ1) is 15.7. The predicted molar refractivity (Wildman–Crippen MR) is 87.1 cm³/mol. The molecule has 0 saturated carbocycles. The molecule has 6 heteroatoms. The van der Waals surface area contributed by atoms with Gasteiger partial charge in [0, 0.05) is 43.7 Å². The van der Waals surface area contributed by atoms with Crippen LogP contribution in [-0.4, -0.2) is 28.4 Å². The summed E-state index contributed by atoms with van der Waals surface area (Å²) < 4.78 is 7.61. The Morgan fingerprint density at radius 2 is 2.23 bits per heavy atom. The lowest BCUT2D eigenvalue weighted by atomic mass is 9.90. The summed E-state index contributed by atoms with van der Waals surface area (Å²) >= 11 is 12.6. The summed E-state index contributed by atoms with van der Waals surface area (Å²) in [7, 11) is 1.65. The van der Waals surface area contributed by atoms with Gasteiger partial charge in [-0.2, -0.15) is 0 Å². The molecule has 4 nitrogen and oxygen atoms in total. The maximum absolute atomic E-state index is 9.05. The van der Waals surface area contributed by atoms with Gasteiger partial charge < -0.3 is 14.4 Å². The smallest absolute Gasteiger partial charge is 0.123 e. The standard InChI is InChI=1S/C16H18Cl2N2O2/c1-22-13-4-3-12(17)16(18)15(13)10-2-5-14-19-11(6-7-21)9-20(14)8-10/h3-4,9-10,21H,2,5-8H2,1H3. The number of rotatable bonds is 4. The summed E-state index contributed by atoms with van der Waals surface area (Å²) in [6, 6.07) is 3.63. The summed E-state index contributed by atoms with van der Waals surface area (Å²) in [5.74, 6) is 2.08. The maximum atomic E-state index is 9.05. The van der Waals surface area contributed by atoms with Crippen molar-refractivity contribution in [2.45, 2.75) is 31.7 Å². The van der Waals surface area contributed by atoms with E-state index in [1.807, 2.05) is 12.3 Å². The fourth-order valence-electron chi connectivity index (χ4n) is 3.08. The minimum absolute atomic E-state index is 0.119. The molecule has 1 aromatic heterocycles. The lowest BCUT2D eigenvalue weighted by Gasteiger charge is -2.26. The Bertz CT molecular complexity index is 685. The van der Waals surface area contributed by atoms with Crippen molar-refractivity contribution in [3.8, 4) is 5.75 Å². The van der Waals surface area contributed by atoms with Crippen LogP contribution >= 0.6 is 23.2 Å². The van der Waals surface area contributed by atoms with E-state index in [2.05, 4.69) is 9.55 Å². The summed E-state index contributed by atoms with van der Waals surface area (Å²) in [5, 5.41) is 10.2. The van der Waals surface area contributed by atoms with Crippen LogP contribution in [0.1, 0.15) is 29.4 Å². The van der Waals surface area contributed by atoms with Gasteiger partial charge in [-0.1, -0.05) is 23.2 Å². The first-order valence-corrected chi connectivity index (χ1v) is 8.07. The molecular formula is C16H18Cl2N2O2. The molecule has 0 radical (unpaired) electrons. The van der Waals surface area contributed by atoms with Crippen LogP contribution in [0, 0.1) is 0 Å². The number of aryl methyl sites for hydroxylation is 1. The molecule has 22 heavy (non-hydrogen) atoms. The van der Waals surface area contributed by atoms with E-state index in [0.29, 0.717) is 16.5 Å². The fourth-order valence-corrected chi connectivity index (χ4v) is 3.56. The molecule has 2 heterocycles. The Kier molecular flexibility index (Phi) is 4.62. The molecule has 0 aliphatic carbocycles. The lowest BCUT2D eigenvalue weighted by molar-refractivity contribution is 0.298. The quantitative estimate of drug-likeness (QED) is 0.926. The average molecular weight is 341 g/mol. The van der Waals surface area contributed by atoms with E-state index in [-0.39, 0.29) is 12.5 Å². The molecule has 3 rings (SSSR count). The molecule has 0 bridgehead atoms. The van der Waals surface area contributed by atoms with Crippen molar-refractivity contribution in [3.63, 3.8) is 0 Å². The number of methoxy groups -OCH3 is 1. The van der Waals surface area contributed by atoms with Gasteiger partial charge in [-0.15, -0.1) is 0 Å². The summed E-state index contributed by atoms with van der Waals surface area (Å²) in [5.41, 5.74) is 1.90. The van der Waals surface area contributed by atoms with Gasteiger partial charge in [0.2, 0.25) is 0 Å². The zero-order chi connectivity index (χ0) is 15.7. The van der Waals surface area contributed by atoms with Crippen LogP contribution < -0.4 is 4.74 Å². The number of aromatic nitrogens is 2. The van der Waals surface area contributed by atoms with Gasteiger partial charge >= 0.3 is 0 Å². The fraction of sp³-hybridized carbons (Fsp3) is 0.438. The molecular weight excluding hydrogens is 323 g/mol. The monoisotopic (exact) mass is 340 g/mol. The minimum atomic E-state index is 0.119. The lowest BCUT2D eigenvalue weighted by Crippen LogP contribution is -2.19. The molecule has 1 aliphatic rings. The number of ether oxygens (including phenoxy) is 1. The molecule has 0 amide bonds. The second kappa shape index (κ2) is 6.49. The first-order chi connectivity index (χ1) is 10.6. The van der Waals surface area contributed by atoms with E-state index in [4.69, 9.17) is 33.0 Å². The van der Waals surface area contributed by atoms with Crippen molar-refractivity contribution in [2.24, 2.45) is 0 Å². The number of nitrogens with zero attached hydrogens (tertiary/aromatic N) is 2. The number of fused-ring (bicyclic) bond motifs is 1. The highest BCUT2D eigenvalue weighted by molar-refractivity contribution is 6.42. The van der Waals surface area contributed by atoms with Gasteiger partial charge in [-0.3, -0.25) is 0 Å². The van der Waals surface area contributed by atoms with Gasteiger partial charge in [-0.25, -0.2) is 4.98 Å². The molecule has 1 unspecified atom stereocenters. The third kappa shape index (κ3) is 2.83. The Hall–Kier alpha value is -1.23. The Morgan fingerprint density at radius 3 is 2.95 bits per heavy atom. The first-order valence-electron chi connectivity index (χ1n) is 7.31. The van der Waals surface area contributed by atoms with Crippen molar-refractivity contribution < 1.29 is 9.84 Å².